The second-order valence-corrected chi connectivity index (χ2v) is 9.50. The Kier molecular flexibility index (Phi) is 13.9. The van der Waals surface area contributed by atoms with Crippen LogP contribution >= 0.6 is 0 Å². The minimum atomic E-state index is 0. The van der Waals surface area contributed by atoms with E-state index in [2.05, 4.69) is 68.5 Å². The van der Waals surface area contributed by atoms with Crippen molar-refractivity contribution in [1.82, 2.24) is 4.90 Å². The molecule has 1 heterocycles. The Bertz CT molecular complexity index is 773. The van der Waals surface area contributed by atoms with Crippen LogP contribution in [0.25, 0.3) is 0 Å². The number of likely N-dealkylation sites (N-methyl/N-ethyl adjacent to an activating group) is 1. The molecule has 0 aliphatic carbocycles. The molecular formula is C27H42MgN3O2+3. The maximum absolute atomic E-state index is 12.5. The Morgan fingerprint density at radius 3 is 2.00 bits per heavy atom. The molecule has 1 N–H and O–H groups in total. The predicted octanol–water partition coefficient (Wildman–Crippen LogP) is 3.44. The Hall–Kier alpha value is -1.44. The van der Waals surface area contributed by atoms with E-state index in [1.807, 2.05) is 30.0 Å². The molecule has 0 unspecified atom stereocenters. The number of para-hydroxylation sites is 1. The van der Waals surface area contributed by atoms with Crippen LogP contribution in [-0.4, -0.2) is 103 Å². The molecule has 2 aromatic carbocycles. The van der Waals surface area contributed by atoms with Crippen molar-refractivity contribution in [2.24, 2.45) is 0 Å². The van der Waals surface area contributed by atoms with Crippen LogP contribution in [0.5, 0.6) is 0 Å². The minimum Gasteiger partial charge on any atom is -0.391 e. The van der Waals surface area contributed by atoms with Gasteiger partial charge in [0.1, 0.15) is 6.54 Å². The summed E-state index contributed by atoms with van der Waals surface area (Å²) in [5.41, 5.74) is 2.44. The van der Waals surface area contributed by atoms with Crippen molar-refractivity contribution in [1.29, 1.82) is 0 Å². The van der Waals surface area contributed by atoms with E-state index in [0.717, 1.165) is 55.6 Å². The second kappa shape index (κ2) is 15.5. The number of nitrogens with zero attached hydrogens (tertiary/aromatic N) is 3. The van der Waals surface area contributed by atoms with Gasteiger partial charge in [0, 0.05) is 37.8 Å². The van der Waals surface area contributed by atoms with Crippen LogP contribution in [0.4, 0.5) is 5.69 Å². The van der Waals surface area contributed by atoms with Gasteiger partial charge in [-0.3, -0.25) is 4.79 Å². The summed E-state index contributed by atoms with van der Waals surface area (Å²) in [6.07, 6.45) is 3.76. The molecule has 5 nitrogen and oxygen atoms in total. The summed E-state index contributed by atoms with van der Waals surface area (Å²) < 4.78 is 0.844. The van der Waals surface area contributed by atoms with E-state index in [-0.39, 0.29) is 35.6 Å². The number of carbonyl (C=O) groups excluding carboxylic acids is 1. The molecule has 1 saturated heterocycles. The third kappa shape index (κ3) is 11.0. The molecule has 0 spiro atoms. The molecule has 0 radical (unpaired) electrons. The van der Waals surface area contributed by atoms with E-state index in [0.29, 0.717) is 12.5 Å². The standard InChI is InChI=1S/C22H28N2O.C5H14NO.Mg/c1-2-22(25)24(20-11-7-4-8-12-20)21-14-17-23(18-15-21)16-13-19-9-5-3-6-10-19;1-6(2,3)4-5-7;/h3-12,21H,2,13-18H2,1H3;7H,4-5H2,1-3H3;/q;+1;+2. The van der Waals surface area contributed by atoms with E-state index < -0.39 is 0 Å². The number of hydrogen-bond donors (Lipinski definition) is 1. The van der Waals surface area contributed by atoms with E-state index in [9.17, 15) is 4.79 Å². The van der Waals surface area contributed by atoms with Gasteiger partial charge in [0.2, 0.25) is 5.91 Å². The molecular weight excluding hydrogens is 423 g/mol. The van der Waals surface area contributed by atoms with Gasteiger partial charge in [-0.05, 0) is 37.0 Å². The van der Waals surface area contributed by atoms with Gasteiger partial charge in [0.05, 0.1) is 27.7 Å². The first-order chi connectivity index (χ1) is 15.3. The average Bonchev–Trinajstić information content (AvgIpc) is 2.79. The summed E-state index contributed by atoms with van der Waals surface area (Å²) in [4.78, 5) is 17.1. The zero-order chi connectivity index (χ0) is 23.4. The van der Waals surface area contributed by atoms with Gasteiger partial charge in [-0.15, -0.1) is 0 Å². The fraction of sp³-hybridized carbons (Fsp3) is 0.519. The fourth-order valence-corrected chi connectivity index (χ4v) is 3.95. The van der Waals surface area contributed by atoms with Crippen molar-refractivity contribution in [3.05, 3.63) is 66.2 Å². The molecule has 1 fully saturated rings. The fourth-order valence-electron chi connectivity index (χ4n) is 3.95. The average molecular weight is 465 g/mol. The monoisotopic (exact) mass is 464 g/mol. The number of rotatable bonds is 8. The zero-order valence-corrected chi connectivity index (χ0v) is 22.5. The van der Waals surface area contributed by atoms with Gasteiger partial charge in [-0.25, -0.2) is 0 Å². The minimum absolute atomic E-state index is 0. The number of amides is 1. The van der Waals surface area contributed by atoms with Gasteiger partial charge >= 0.3 is 23.1 Å². The van der Waals surface area contributed by atoms with Crippen molar-refractivity contribution >= 4 is 34.6 Å². The van der Waals surface area contributed by atoms with Crippen LogP contribution in [0.3, 0.4) is 0 Å². The first-order valence-electron chi connectivity index (χ1n) is 11.9. The SMILES string of the molecule is CCC(=O)N(c1ccccc1)C1CCN(CCc2ccccc2)CC1.C[N+](C)(C)CCO.[Mg+2]. The van der Waals surface area contributed by atoms with Crippen LogP contribution in [0.2, 0.25) is 0 Å². The molecule has 33 heavy (non-hydrogen) atoms. The van der Waals surface area contributed by atoms with Crippen molar-refractivity contribution in [3.63, 3.8) is 0 Å². The van der Waals surface area contributed by atoms with E-state index >= 15 is 0 Å². The molecule has 0 saturated carbocycles. The van der Waals surface area contributed by atoms with Gasteiger partial charge < -0.3 is 19.4 Å². The van der Waals surface area contributed by atoms with Crippen molar-refractivity contribution < 1.29 is 14.4 Å². The number of aliphatic hydroxyl groups excluding tert-OH is 1. The third-order valence-corrected chi connectivity index (χ3v) is 5.86. The maximum atomic E-state index is 12.5. The van der Waals surface area contributed by atoms with Gasteiger partial charge in [0.25, 0.3) is 0 Å². The zero-order valence-electron chi connectivity index (χ0n) is 21.1. The van der Waals surface area contributed by atoms with Gasteiger partial charge in [-0.2, -0.15) is 0 Å². The summed E-state index contributed by atoms with van der Waals surface area (Å²) in [5, 5.41) is 8.39. The van der Waals surface area contributed by atoms with Crippen molar-refractivity contribution in [2.45, 2.75) is 38.6 Å². The van der Waals surface area contributed by atoms with E-state index in [1.54, 1.807) is 0 Å². The normalized spacial score (nSPS) is 14.6. The number of benzene rings is 2. The molecule has 1 amide bonds. The van der Waals surface area contributed by atoms with Crippen LogP contribution in [0.1, 0.15) is 31.7 Å². The molecule has 3 rings (SSSR count). The smallest absolute Gasteiger partial charge is 0.391 e. The Balaban J connectivity index is 0.000000595. The summed E-state index contributed by atoms with van der Waals surface area (Å²) in [6, 6.07) is 21.1. The first-order valence-corrected chi connectivity index (χ1v) is 11.9. The summed E-state index contributed by atoms with van der Waals surface area (Å²) >= 11 is 0. The number of likely N-dealkylation sites (tertiary alicyclic amines) is 1. The largest absolute Gasteiger partial charge is 2.00 e. The number of anilines is 1. The Morgan fingerprint density at radius 1 is 1.00 bits per heavy atom. The molecule has 6 heteroatoms. The Morgan fingerprint density at radius 2 is 1.55 bits per heavy atom. The van der Waals surface area contributed by atoms with Crippen LogP contribution in [0.15, 0.2) is 60.7 Å². The van der Waals surface area contributed by atoms with E-state index in [4.69, 9.17) is 5.11 Å². The third-order valence-electron chi connectivity index (χ3n) is 5.86. The maximum Gasteiger partial charge on any atom is 2.00 e. The summed E-state index contributed by atoms with van der Waals surface area (Å²) in [5.74, 6) is 0.230. The first kappa shape index (κ1) is 29.6. The topological polar surface area (TPSA) is 43.8 Å². The number of aliphatic hydroxyl groups is 1. The molecule has 176 valence electrons. The number of quaternary nitrogens is 1. The number of carbonyl (C=O) groups is 1. The second-order valence-electron chi connectivity index (χ2n) is 9.50. The quantitative estimate of drug-likeness (QED) is 0.481. The Labute approximate surface area is 217 Å². The van der Waals surface area contributed by atoms with Crippen LogP contribution < -0.4 is 4.90 Å². The molecule has 0 atom stereocenters. The summed E-state index contributed by atoms with van der Waals surface area (Å²) in [7, 11) is 6.16. The number of piperidine rings is 1. The van der Waals surface area contributed by atoms with Crippen LogP contribution in [0, 0.1) is 0 Å². The predicted molar refractivity (Wildman–Crippen MR) is 140 cm³/mol. The summed E-state index contributed by atoms with van der Waals surface area (Å²) in [6.45, 7) is 6.30. The van der Waals surface area contributed by atoms with Crippen LogP contribution in [-0.2, 0) is 11.2 Å². The molecule has 0 bridgehead atoms. The molecule has 2 aromatic rings. The molecule has 0 aromatic heterocycles. The number of hydrogen-bond acceptors (Lipinski definition) is 3. The molecule has 1 aliphatic rings. The van der Waals surface area contributed by atoms with Gasteiger partial charge in [0.15, 0.2) is 0 Å². The van der Waals surface area contributed by atoms with Crippen molar-refractivity contribution in [3.8, 4) is 0 Å². The van der Waals surface area contributed by atoms with Crippen molar-refractivity contribution in [2.75, 3.05) is 58.8 Å². The van der Waals surface area contributed by atoms with Gasteiger partial charge in [-0.1, -0.05) is 55.5 Å². The van der Waals surface area contributed by atoms with E-state index in [1.165, 1.54) is 5.56 Å². The molecule has 1 aliphatic heterocycles.